The van der Waals surface area contributed by atoms with Crippen molar-refractivity contribution in [3.8, 4) is 17.2 Å². The fourth-order valence-electron chi connectivity index (χ4n) is 4.56. The van der Waals surface area contributed by atoms with Crippen LogP contribution in [0.15, 0.2) is 66.2 Å². The Morgan fingerprint density at radius 2 is 1.88 bits per heavy atom. The number of methoxy groups -OCH3 is 2. The lowest BCUT2D eigenvalue weighted by Gasteiger charge is -2.24. The van der Waals surface area contributed by atoms with Gasteiger partial charge in [0.1, 0.15) is 11.5 Å². The van der Waals surface area contributed by atoms with Crippen LogP contribution in [-0.4, -0.2) is 42.6 Å². The molecule has 1 amide bonds. The molecular formula is C30H27ClN2O6S. The highest BCUT2D eigenvalue weighted by Gasteiger charge is 2.48. The van der Waals surface area contributed by atoms with Crippen LogP contribution in [0.4, 0.5) is 5.13 Å². The van der Waals surface area contributed by atoms with E-state index < -0.39 is 17.7 Å². The number of aliphatic hydroxyl groups excluding tert-OH is 1. The maximum Gasteiger partial charge on any atom is 0.301 e. The molecule has 1 aliphatic rings. The second kappa shape index (κ2) is 11.6. The fraction of sp³-hybridized carbons (Fsp3) is 0.233. The van der Waals surface area contributed by atoms with E-state index in [1.165, 1.54) is 30.5 Å². The molecule has 1 N–H and O–H groups in total. The molecule has 1 unspecified atom stereocenters. The van der Waals surface area contributed by atoms with Gasteiger partial charge in [-0.3, -0.25) is 14.5 Å². The van der Waals surface area contributed by atoms with Crippen molar-refractivity contribution in [2.45, 2.75) is 25.8 Å². The van der Waals surface area contributed by atoms with Crippen LogP contribution in [0, 0.1) is 0 Å². The molecule has 1 saturated heterocycles. The quantitative estimate of drug-likeness (QED) is 0.101. The van der Waals surface area contributed by atoms with Crippen molar-refractivity contribution in [3.05, 3.63) is 82.4 Å². The van der Waals surface area contributed by atoms with E-state index in [-0.39, 0.29) is 11.3 Å². The number of carbonyl (C=O) groups excluding carboxylic acids is 2. The Balaban J connectivity index is 1.69. The van der Waals surface area contributed by atoms with E-state index in [0.29, 0.717) is 50.7 Å². The van der Waals surface area contributed by atoms with Gasteiger partial charge in [0.25, 0.3) is 5.78 Å². The minimum Gasteiger partial charge on any atom is -0.507 e. The van der Waals surface area contributed by atoms with E-state index in [4.69, 9.17) is 25.8 Å². The standard InChI is InChI=1S/C30H27ClN2O6S/c1-4-5-13-39-22-12-9-17(15-23(22)38-3)26-25(27(34)18-7-6-8-20(14-18)37-2)28(35)29(36)33(26)30-32-21-11-10-19(31)16-24(21)40-30/h6-12,14-16,26,34H,4-5,13H2,1-3H3/b27-25+. The third-order valence-corrected chi connectivity index (χ3v) is 7.84. The number of halogens is 1. The summed E-state index contributed by atoms with van der Waals surface area (Å²) in [5.41, 5.74) is 1.44. The summed E-state index contributed by atoms with van der Waals surface area (Å²) in [5.74, 6) is -0.480. The van der Waals surface area contributed by atoms with Gasteiger partial charge in [0.15, 0.2) is 16.6 Å². The average Bonchev–Trinajstić information content (AvgIpc) is 3.50. The second-order valence-electron chi connectivity index (χ2n) is 9.12. The first-order valence-corrected chi connectivity index (χ1v) is 13.9. The number of aromatic nitrogens is 1. The number of rotatable bonds is 9. The van der Waals surface area contributed by atoms with Crippen molar-refractivity contribution < 1.29 is 28.9 Å². The number of ether oxygens (including phenoxy) is 3. The van der Waals surface area contributed by atoms with Crippen molar-refractivity contribution in [1.29, 1.82) is 0 Å². The minimum absolute atomic E-state index is 0.0720. The van der Waals surface area contributed by atoms with Gasteiger partial charge in [0, 0.05) is 10.6 Å². The maximum atomic E-state index is 13.6. The SMILES string of the molecule is CCCCOc1ccc(C2/C(=C(\O)c3cccc(OC)c3)C(=O)C(=O)N2c2nc3ccc(Cl)cc3s2)cc1OC. The third kappa shape index (κ3) is 5.10. The molecule has 1 aromatic heterocycles. The Morgan fingerprint density at radius 3 is 2.62 bits per heavy atom. The molecule has 1 aliphatic heterocycles. The lowest BCUT2D eigenvalue weighted by Crippen LogP contribution is -2.29. The number of hydrogen-bond donors (Lipinski definition) is 1. The molecule has 10 heteroatoms. The first-order chi connectivity index (χ1) is 19.4. The summed E-state index contributed by atoms with van der Waals surface area (Å²) in [6, 6.07) is 16.1. The number of carbonyl (C=O) groups is 2. The number of fused-ring (bicyclic) bond motifs is 1. The van der Waals surface area contributed by atoms with E-state index >= 15 is 0 Å². The Bertz CT molecular complexity index is 1630. The van der Waals surface area contributed by atoms with Gasteiger partial charge >= 0.3 is 5.91 Å². The summed E-state index contributed by atoms with van der Waals surface area (Å²) in [6.45, 7) is 2.60. The zero-order chi connectivity index (χ0) is 28.4. The zero-order valence-corrected chi connectivity index (χ0v) is 23.7. The molecule has 0 aliphatic carbocycles. The van der Waals surface area contributed by atoms with Crippen LogP contribution in [0.25, 0.3) is 16.0 Å². The first-order valence-electron chi connectivity index (χ1n) is 12.7. The van der Waals surface area contributed by atoms with Crippen LogP contribution >= 0.6 is 22.9 Å². The highest BCUT2D eigenvalue weighted by molar-refractivity contribution is 7.22. The minimum atomic E-state index is -0.985. The number of aliphatic hydroxyl groups is 1. The van der Waals surface area contributed by atoms with Crippen molar-refractivity contribution in [2.24, 2.45) is 0 Å². The number of Topliss-reactive ketones (excluding diaryl/α,β-unsaturated/α-hetero) is 1. The molecule has 40 heavy (non-hydrogen) atoms. The zero-order valence-electron chi connectivity index (χ0n) is 22.1. The summed E-state index contributed by atoms with van der Waals surface area (Å²) in [5, 5.41) is 12.3. The molecule has 0 radical (unpaired) electrons. The number of thiazole rings is 1. The van der Waals surface area contributed by atoms with E-state index in [1.807, 2.05) is 0 Å². The summed E-state index contributed by atoms with van der Waals surface area (Å²) >= 11 is 7.41. The number of anilines is 1. The predicted molar refractivity (Wildman–Crippen MR) is 156 cm³/mol. The van der Waals surface area contributed by atoms with Gasteiger partial charge in [-0.25, -0.2) is 4.98 Å². The normalized spacial score (nSPS) is 16.5. The molecule has 206 valence electrons. The number of unbranched alkanes of at least 4 members (excludes halogenated alkanes) is 1. The number of amides is 1. The Labute approximate surface area is 240 Å². The molecule has 3 aromatic carbocycles. The second-order valence-corrected chi connectivity index (χ2v) is 10.6. The lowest BCUT2D eigenvalue weighted by molar-refractivity contribution is -0.132. The fourth-order valence-corrected chi connectivity index (χ4v) is 5.83. The predicted octanol–water partition coefficient (Wildman–Crippen LogP) is 6.77. The molecule has 0 spiro atoms. The smallest absolute Gasteiger partial charge is 0.301 e. The summed E-state index contributed by atoms with van der Waals surface area (Å²) in [4.78, 5) is 33.1. The van der Waals surface area contributed by atoms with Crippen molar-refractivity contribution >= 4 is 55.7 Å². The molecule has 0 bridgehead atoms. The maximum absolute atomic E-state index is 13.6. The van der Waals surface area contributed by atoms with Gasteiger partial charge < -0.3 is 19.3 Å². The molecule has 2 heterocycles. The summed E-state index contributed by atoms with van der Waals surface area (Å²) in [7, 11) is 3.03. The van der Waals surface area contributed by atoms with E-state index in [1.54, 1.807) is 60.7 Å². The van der Waals surface area contributed by atoms with Gasteiger partial charge in [-0.2, -0.15) is 0 Å². The van der Waals surface area contributed by atoms with Crippen LogP contribution in [0.5, 0.6) is 17.2 Å². The summed E-state index contributed by atoms with van der Waals surface area (Å²) < 4.78 is 17.6. The van der Waals surface area contributed by atoms with Crippen LogP contribution in [0.2, 0.25) is 5.02 Å². The molecule has 1 atom stereocenters. The van der Waals surface area contributed by atoms with Gasteiger partial charge in [0.2, 0.25) is 0 Å². The van der Waals surface area contributed by atoms with Crippen LogP contribution in [0.3, 0.4) is 0 Å². The van der Waals surface area contributed by atoms with Gasteiger partial charge in [-0.15, -0.1) is 0 Å². The van der Waals surface area contributed by atoms with E-state index in [2.05, 4.69) is 11.9 Å². The van der Waals surface area contributed by atoms with E-state index in [9.17, 15) is 14.7 Å². The first kappa shape index (κ1) is 27.5. The van der Waals surface area contributed by atoms with Crippen LogP contribution in [0.1, 0.15) is 36.9 Å². The van der Waals surface area contributed by atoms with Crippen molar-refractivity contribution in [1.82, 2.24) is 4.98 Å². The topological polar surface area (TPSA) is 98.2 Å². The van der Waals surface area contributed by atoms with Crippen LogP contribution in [-0.2, 0) is 9.59 Å². The van der Waals surface area contributed by atoms with E-state index in [0.717, 1.165) is 17.5 Å². The Hall–Kier alpha value is -4.08. The Kier molecular flexibility index (Phi) is 7.95. The number of ketones is 1. The van der Waals surface area contributed by atoms with Gasteiger partial charge in [-0.05, 0) is 54.4 Å². The highest BCUT2D eigenvalue weighted by atomic mass is 35.5. The van der Waals surface area contributed by atoms with Crippen LogP contribution < -0.4 is 19.1 Å². The van der Waals surface area contributed by atoms with Gasteiger partial charge in [-0.1, -0.05) is 54.5 Å². The Morgan fingerprint density at radius 1 is 1.05 bits per heavy atom. The molecule has 1 fully saturated rings. The molecule has 8 nitrogen and oxygen atoms in total. The highest BCUT2D eigenvalue weighted by Crippen LogP contribution is 2.46. The number of benzene rings is 3. The number of hydrogen-bond acceptors (Lipinski definition) is 8. The molecule has 5 rings (SSSR count). The monoisotopic (exact) mass is 578 g/mol. The summed E-state index contributed by atoms with van der Waals surface area (Å²) in [6.07, 6.45) is 1.86. The average molecular weight is 579 g/mol. The third-order valence-electron chi connectivity index (χ3n) is 6.59. The van der Waals surface area contributed by atoms with Gasteiger partial charge in [0.05, 0.1) is 42.7 Å². The number of nitrogens with zero attached hydrogens (tertiary/aromatic N) is 2. The largest absolute Gasteiger partial charge is 0.507 e. The van der Waals surface area contributed by atoms with Crippen molar-refractivity contribution in [3.63, 3.8) is 0 Å². The molecule has 0 saturated carbocycles. The molecule has 4 aromatic rings. The molecular weight excluding hydrogens is 552 g/mol. The lowest BCUT2D eigenvalue weighted by atomic mass is 9.95. The van der Waals surface area contributed by atoms with Crippen molar-refractivity contribution in [2.75, 3.05) is 25.7 Å².